The number of carbonyl (C=O) groups excluding carboxylic acids is 1. The lowest BCUT2D eigenvalue weighted by Crippen LogP contribution is -2.52. The molecule has 7 heteroatoms. The average molecular weight is 413 g/mol. The number of halogens is 2. The summed E-state index contributed by atoms with van der Waals surface area (Å²) in [4.78, 5) is 18.9. The normalized spacial score (nSPS) is 10.4. The Hall–Kier alpha value is -1.82. The Balaban J connectivity index is 0.00000338. The summed E-state index contributed by atoms with van der Waals surface area (Å²) in [7, 11) is 4.01. The minimum Gasteiger partial charge on any atom is -0.378 e. The van der Waals surface area contributed by atoms with Crippen LogP contribution in [0.3, 0.4) is 0 Å². The number of nitrogens with zero attached hydrogens (tertiary/aromatic N) is 2. The van der Waals surface area contributed by atoms with E-state index in [1.165, 1.54) is 0 Å². The molecule has 0 aliphatic heterocycles. The summed E-state index contributed by atoms with van der Waals surface area (Å²) in [6.07, 6.45) is 4.96. The maximum Gasteiger partial charge on any atom is 0.253 e. The largest absolute Gasteiger partial charge is 0.378 e. The molecular formula is C20H30Cl2N4O. The molecule has 2 rings (SSSR count). The molecule has 0 bridgehead atoms. The van der Waals surface area contributed by atoms with Crippen LogP contribution in [0.2, 0.25) is 0 Å². The van der Waals surface area contributed by atoms with Crippen molar-refractivity contribution in [2.75, 3.05) is 25.5 Å². The third-order valence-electron chi connectivity index (χ3n) is 4.84. The molecule has 0 aliphatic rings. The van der Waals surface area contributed by atoms with Crippen LogP contribution in [0, 0.1) is 0 Å². The Bertz CT molecular complexity index is 708. The maximum atomic E-state index is 12.7. The van der Waals surface area contributed by atoms with Crippen LogP contribution < -0.4 is 16.0 Å². The minimum absolute atomic E-state index is 0. The lowest BCUT2D eigenvalue weighted by molar-refractivity contribution is 0.0895. The van der Waals surface area contributed by atoms with Crippen molar-refractivity contribution >= 4 is 36.4 Å². The zero-order valence-corrected chi connectivity index (χ0v) is 18.0. The number of pyridine rings is 1. The molecule has 150 valence electrons. The summed E-state index contributed by atoms with van der Waals surface area (Å²) in [5.74, 6) is -0.131. The van der Waals surface area contributed by atoms with Crippen LogP contribution in [0.25, 0.3) is 11.1 Å². The van der Waals surface area contributed by atoms with Gasteiger partial charge in [-0.25, -0.2) is 0 Å². The fourth-order valence-corrected chi connectivity index (χ4v) is 2.75. The van der Waals surface area contributed by atoms with Crippen molar-refractivity contribution in [3.05, 3.63) is 48.3 Å². The van der Waals surface area contributed by atoms with Gasteiger partial charge in [-0.1, -0.05) is 26.0 Å². The van der Waals surface area contributed by atoms with E-state index in [2.05, 4.69) is 22.4 Å². The lowest BCUT2D eigenvalue weighted by Gasteiger charge is -2.31. The number of amides is 1. The summed E-state index contributed by atoms with van der Waals surface area (Å²) in [5, 5.41) is 3.09. The van der Waals surface area contributed by atoms with Gasteiger partial charge in [0.25, 0.3) is 5.91 Å². The molecule has 1 heterocycles. The van der Waals surface area contributed by atoms with E-state index in [9.17, 15) is 4.79 Å². The number of nitrogens with one attached hydrogen (secondary N) is 1. The monoisotopic (exact) mass is 412 g/mol. The quantitative estimate of drug-likeness (QED) is 0.722. The molecule has 3 N–H and O–H groups in total. The Morgan fingerprint density at radius 3 is 2.15 bits per heavy atom. The molecule has 0 radical (unpaired) electrons. The molecule has 1 amide bonds. The summed E-state index contributed by atoms with van der Waals surface area (Å²) in [6.45, 7) is 4.50. The molecule has 0 atom stereocenters. The standard InChI is InChI=1S/C20H28N4O.2ClH/c1-5-20(6-2,14-21)23-19(25)17-11-16(12-22-13-17)15-7-9-18(10-8-15)24(3)4;;/h7-13H,5-6,14,21H2,1-4H3,(H,23,25);2*1H. The predicted molar refractivity (Wildman–Crippen MR) is 118 cm³/mol. The highest BCUT2D eigenvalue weighted by atomic mass is 35.5. The lowest BCUT2D eigenvalue weighted by atomic mass is 9.92. The second-order valence-corrected chi connectivity index (χ2v) is 6.55. The van der Waals surface area contributed by atoms with Gasteiger partial charge in [0.2, 0.25) is 0 Å². The van der Waals surface area contributed by atoms with E-state index in [4.69, 9.17) is 5.73 Å². The van der Waals surface area contributed by atoms with E-state index >= 15 is 0 Å². The first-order valence-electron chi connectivity index (χ1n) is 8.70. The third-order valence-corrected chi connectivity index (χ3v) is 4.84. The average Bonchev–Trinajstić information content (AvgIpc) is 2.66. The Morgan fingerprint density at radius 1 is 1.07 bits per heavy atom. The van der Waals surface area contributed by atoms with Gasteiger partial charge >= 0.3 is 0 Å². The van der Waals surface area contributed by atoms with Gasteiger partial charge in [0.05, 0.1) is 11.1 Å². The number of rotatable bonds is 7. The minimum atomic E-state index is -0.361. The van der Waals surface area contributed by atoms with Crippen LogP contribution in [0.1, 0.15) is 37.0 Å². The van der Waals surface area contributed by atoms with E-state index in [-0.39, 0.29) is 36.3 Å². The van der Waals surface area contributed by atoms with Gasteiger partial charge in [0.15, 0.2) is 0 Å². The number of anilines is 1. The van der Waals surface area contributed by atoms with Crippen LogP contribution in [-0.2, 0) is 0 Å². The number of hydrogen-bond donors (Lipinski definition) is 2. The molecule has 0 fully saturated rings. The highest BCUT2D eigenvalue weighted by Gasteiger charge is 2.26. The Labute approximate surface area is 174 Å². The van der Waals surface area contributed by atoms with Crippen molar-refractivity contribution < 1.29 is 4.79 Å². The number of hydrogen-bond acceptors (Lipinski definition) is 4. The van der Waals surface area contributed by atoms with Gasteiger partial charge < -0.3 is 16.0 Å². The molecule has 0 spiro atoms. The van der Waals surface area contributed by atoms with E-state index in [1.54, 1.807) is 12.4 Å². The smallest absolute Gasteiger partial charge is 0.253 e. The number of nitrogens with two attached hydrogens (primary N) is 1. The third kappa shape index (κ3) is 6.09. The zero-order chi connectivity index (χ0) is 18.4. The highest BCUT2D eigenvalue weighted by Crippen LogP contribution is 2.23. The van der Waals surface area contributed by atoms with Crippen molar-refractivity contribution in [1.82, 2.24) is 10.3 Å². The topological polar surface area (TPSA) is 71.2 Å². The van der Waals surface area contributed by atoms with Crippen molar-refractivity contribution in [2.45, 2.75) is 32.2 Å². The first-order valence-corrected chi connectivity index (χ1v) is 8.70. The number of benzene rings is 1. The second kappa shape index (κ2) is 11.1. The van der Waals surface area contributed by atoms with Gasteiger partial charge in [0.1, 0.15) is 0 Å². The first kappa shape index (κ1) is 25.2. The SMILES string of the molecule is CCC(CC)(CN)NC(=O)c1cncc(-c2ccc(N(C)C)cc2)c1.Cl.Cl. The summed E-state index contributed by atoms with van der Waals surface area (Å²) in [5.41, 5.74) is 9.15. The molecule has 2 aromatic rings. The van der Waals surface area contributed by atoms with Gasteiger partial charge in [-0.15, -0.1) is 24.8 Å². The summed E-state index contributed by atoms with van der Waals surface area (Å²) in [6, 6.07) is 10.1. The van der Waals surface area contributed by atoms with E-state index < -0.39 is 0 Å². The number of aromatic nitrogens is 1. The van der Waals surface area contributed by atoms with Crippen LogP contribution in [-0.4, -0.2) is 37.1 Å². The maximum absolute atomic E-state index is 12.7. The molecule has 0 aliphatic carbocycles. The predicted octanol–water partition coefficient (Wildman–Crippen LogP) is 3.91. The van der Waals surface area contributed by atoms with Gasteiger partial charge in [-0.2, -0.15) is 0 Å². The first-order chi connectivity index (χ1) is 11.9. The van der Waals surface area contributed by atoms with Gasteiger partial charge in [-0.05, 0) is 36.6 Å². The molecular weight excluding hydrogens is 383 g/mol. The fourth-order valence-electron chi connectivity index (χ4n) is 2.75. The molecule has 1 aromatic carbocycles. The van der Waals surface area contributed by atoms with E-state index in [0.717, 1.165) is 29.7 Å². The Morgan fingerprint density at radius 2 is 1.67 bits per heavy atom. The van der Waals surface area contributed by atoms with Crippen molar-refractivity contribution in [3.63, 3.8) is 0 Å². The van der Waals surface area contributed by atoms with Crippen LogP contribution in [0.4, 0.5) is 5.69 Å². The summed E-state index contributed by atoms with van der Waals surface area (Å²) < 4.78 is 0. The van der Waals surface area contributed by atoms with Crippen molar-refractivity contribution in [1.29, 1.82) is 0 Å². The fraction of sp³-hybridized carbons (Fsp3) is 0.400. The molecule has 27 heavy (non-hydrogen) atoms. The zero-order valence-electron chi connectivity index (χ0n) is 16.4. The molecule has 1 aromatic heterocycles. The van der Waals surface area contributed by atoms with E-state index in [0.29, 0.717) is 12.1 Å². The van der Waals surface area contributed by atoms with Gasteiger partial charge in [-0.3, -0.25) is 9.78 Å². The van der Waals surface area contributed by atoms with Crippen molar-refractivity contribution in [3.8, 4) is 11.1 Å². The second-order valence-electron chi connectivity index (χ2n) is 6.55. The van der Waals surface area contributed by atoms with Crippen LogP contribution in [0.5, 0.6) is 0 Å². The molecule has 0 saturated heterocycles. The molecule has 5 nitrogen and oxygen atoms in total. The molecule has 0 saturated carbocycles. The van der Waals surface area contributed by atoms with E-state index in [1.807, 2.05) is 51.0 Å². The highest BCUT2D eigenvalue weighted by molar-refractivity contribution is 5.95. The number of carbonyl (C=O) groups is 1. The Kier molecular flexibility index (Phi) is 10.4. The van der Waals surface area contributed by atoms with Crippen molar-refractivity contribution in [2.24, 2.45) is 5.73 Å². The van der Waals surface area contributed by atoms with Crippen LogP contribution in [0.15, 0.2) is 42.7 Å². The summed E-state index contributed by atoms with van der Waals surface area (Å²) >= 11 is 0. The molecule has 0 unspecified atom stereocenters. The van der Waals surface area contributed by atoms with Gasteiger partial charge in [0, 0.05) is 44.3 Å². The van der Waals surface area contributed by atoms with Crippen LogP contribution >= 0.6 is 24.8 Å².